The van der Waals surface area contributed by atoms with Gasteiger partial charge in [0.25, 0.3) is 0 Å². The molecule has 1 amide bonds. The molecule has 0 heterocycles. The lowest BCUT2D eigenvalue weighted by atomic mass is 10.1. The molecule has 3 rings (SSSR count). The minimum absolute atomic E-state index is 0.0393. The van der Waals surface area contributed by atoms with Gasteiger partial charge in [0.2, 0.25) is 15.9 Å². The maximum Gasteiger partial charge on any atom is 0.243 e. The summed E-state index contributed by atoms with van der Waals surface area (Å²) in [6.45, 7) is 1.44. The maximum absolute atomic E-state index is 13.4. The number of hydrogen-bond acceptors (Lipinski definition) is 4. The molecule has 0 radical (unpaired) electrons. The molecule has 6 nitrogen and oxygen atoms in total. The minimum Gasteiger partial charge on any atom is -0.497 e. The third-order valence-corrected chi connectivity index (χ3v) is 7.77. The van der Waals surface area contributed by atoms with Gasteiger partial charge in [0.1, 0.15) is 5.75 Å². The summed E-state index contributed by atoms with van der Waals surface area (Å²) < 4.78 is 33.8. The van der Waals surface area contributed by atoms with E-state index in [1.807, 2.05) is 19.1 Å². The summed E-state index contributed by atoms with van der Waals surface area (Å²) in [5, 5.41) is 3.30. The Morgan fingerprint density at radius 3 is 2.30 bits per heavy atom. The molecule has 0 aromatic heterocycles. The molecule has 1 unspecified atom stereocenters. The van der Waals surface area contributed by atoms with Crippen molar-refractivity contribution in [2.75, 3.05) is 13.7 Å². The van der Waals surface area contributed by atoms with Crippen LogP contribution < -0.4 is 10.1 Å². The van der Waals surface area contributed by atoms with Crippen molar-refractivity contribution >= 4 is 43.5 Å². The summed E-state index contributed by atoms with van der Waals surface area (Å²) in [5.41, 5.74) is 1.48. The quantitative estimate of drug-likeness (QED) is 0.398. The first-order valence-corrected chi connectivity index (χ1v) is 12.7. The number of carbonyl (C=O) groups excluding carboxylic acids is 1. The van der Waals surface area contributed by atoms with E-state index in [1.165, 1.54) is 12.1 Å². The lowest BCUT2D eigenvalue weighted by Gasteiger charge is -2.24. The van der Waals surface area contributed by atoms with Crippen molar-refractivity contribution in [3.8, 4) is 5.75 Å². The molecular weight excluding hydrogens is 528 g/mol. The molecule has 0 spiro atoms. The average Bonchev–Trinajstić information content (AvgIpc) is 2.80. The number of nitrogens with one attached hydrogen (secondary N) is 1. The predicted octanol–water partition coefficient (Wildman–Crippen LogP) is 5.18. The van der Waals surface area contributed by atoms with Gasteiger partial charge in [-0.2, -0.15) is 4.31 Å². The van der Waals surface area contributed by atoms with Crippen molar-refractivity contribution in [2.24, 2.45) is 0 Å². The molecule has 3 aromatic rings. The smallest absolute Gasteiger partial charge is 0.243 e. The summed E-state index contributed by atoms with van der Waals surface area (Å²) in [7, 11) is -2.38. The van der Waals surface area contributed by atoms with Crippen LogP contribution in [-0.2, 0) is 21.4 Å². The molecule has 0 aliphatic carbocycles. The number of sulfonamides is 1. The van der Waals surface area contributed by atoms with Crippen molar-refractivity contribution in [1.29, 1.82) is 0 Å². The van der Waals surface area contributed by atoms with Gasteiger partial charge in [0.15, 0.2) is 0 Å². The van der Waals surface area contributed by atoms with E-state index in [9.17, 15) is 13.2 Å². The van der Waals surface area contributed by atoms with E-state index < -0.39 is 15.9 Å². The van der Waals surface area contributed by atoms with Gasteiger partial charge >= 0.3 is 0 Å². The second kappa shape index (κ2) is 11.2. The Balaban J connectivity index is 1.83. The van der Waals surface area contributed by atoms with Crippen molar-refractivity contribution in [3.63, 3.8) is 0 Å². The van der Waals surface area contributed by atoms with Crippen LogP contribution in [0, 0.1) is 0 Å². The van der Waals surface area contributed by atoms with Gasteiger partial charge in [-0.15, -0.1) is 0 Å². The molecule has 33 heavy (non-hydrogen) atoms. The molecule has 0 aliphatic rings. The number of amides is 1. The standard InChI is InChI=1S/C24H24BrClN2O4S/c1-17(18-7-11-21(32-2)12-8-18)27-24(29)16-28(15-19-5-3-4-6-23(19)26)33(30,31)22-13-9-20(25)10-14-22/h3-14,17H,15-16H2,1-2H3,(H,27,29). The number of carbonyl (C=O) groups is 1. The molecule has 174 valence electrons. The first kappa shape index (κ1) is 25.2. The fraction of sp³-hybridized carbons (Fsp3) is 0.208. The zero-order valence-corrected chi connectivity index (χ0v) is 21.3. The minimum atomic E-state index is -3.96. The van der Waals surface area contributed by atoms with Crippen LogP contribution in [0.5, 0.6) is 5.75 Å². The summed E-state index contributed by atoms with van der Waals surface area (Å²) in [6.07, 6.45) is 0. The van der Waals surface area contributed by atoms with E-state index in [-0.39, 0.29) is 24.0 Å². The van der Waals surface area contributed by atoms with Crippen LogP contribution in [0.4, 0.5) is 0 Å². The van der Waals surface area contributed by atoms with Crippen molar-refractivity contribution in [1.82, 2.24) is 9.62 Å². The van der Waals surface area contributed by atoms with Crippen LogP contribution >= 0.6 is 27.5 Å². The van der Waals surface area contributed by atoms with Crippen LogP contribution in [0.1, 0.15) is 24.1 Å². The fourth-order valence-electron chi connectivity index (χ4n) is 3.22. The van der Waals surface area contributed by atoms with Crippen molar-refractivity contribution in [3.05, 3.63) is 93.4 Å². The fourth-order valence-corrected chi connectivity index (χ4v) is 5.06. The highest BCUT2D eigenvalue weighted by Crippen LogP contribution is 2.24. The van der Waals surface area contributed by atoms with Gasteiger partial charge in [-0.1, -0.05) is 57.9 Å². The molecule has 0 saturated heterocycles. The summed E-state index contributed by atoms with van der Waals surface area (Å²) >= 11 is 9.59. The highest BCUT2D eigenvalue weighted by Gasteiger charge is 2.28. The molecule has 3 aromatic carbocycles. The van der Waals surface area contributed by atoms with Gasteiger partial charge in [-0.3, -0.25) is 4.79 Å². The Hall–Kier alpha value is -2.39. The summed E-state index contributed by atoms with van der Waals surface area (Å²) in [5.74, 6) is 0.287. The van der Waals surface area contributed by atoms with Crippen LogP contribution in [0.3, 0.4) is 0 Å². The van der Waals surface area contributed by atoms with Crippen molar-refractivity contribution < 1.29 is 17.9 Å². The zero-order chi connectivity index (χ0) is 24.0. The van der Waals surface area contributed by atoms with E-state index in [2.05, 4.69) is 21.2 Å². The zero-order valence-electron chi connectivity index (χ0n) is 18.2. The molecule has 1 atom stereocenters. The Bertz CT molecular complexity index is 1200. The topological polar surface area (TPSA) is 75.7 Å². The highest BCUT2D eigenvalue weighted by molar-refractivity contribution is 9.10. The lowest BCUT2D eigenvalue weighted by molar-refractivity contribution is -0.122. The number of nitrogens with zero attached hydrogens (tertiary/aromatic N) is 1. The third-order valence-electron chi connectivity index (χ3n) is 5.07. The summed E-state index contributed by atoms with van der Waals surface area (Å²) in [4.78, 5) is 13.0. The number of ether oxygens (including phenoxy) is 1. The Labute approximate surface area is 207 Å². The molecule has 1 N–H and O–H groups in total. The Morgan fingerprint density at radius 2 is 1.70 bits per heavy atom. The Kier molecular flexibility index (Phi) is 8.53. The number of halogens is 2. The SMILES string of the molecule is COc1ccc(C(C)NC(=O)CN(Cc2ccccc2Cl)S(=O)(=O)c2ccc(Br)cc2)cc1. The molecule has 9 heteroatoms. The van der Waals surface area contributed by atoms with Crippen LogP contribution in [0.2, 0.25) is 5.02 Å². The lowest BCUT2D eigenvalue weighted by Crippen LogP contribution is -2.41. The molecular formula is C24H24BrClN2O4S. The molecule has 0 bridgehead atoms. The van der Waals surface area contributed by atoms with Gasteiger partial charge in [-0.05, 0) is 60.5 Å². The number of rotatable bonds is 9. The average molecular weight is 552 g/mol. The predicted molar refractivity (Wildman–Crippen MR) is 133 cm³/mol. The van der Waals surface area contributed by atoms with Crippen LogP contribution in [-0.4, -0.2) is 32.3 Å². The van der Waals surface area contributed by atoms with E-state index in [0.717, 1.165) is 14.3 Å². The second-order valence-electron chi connectivity index (χ2n) is 7.38. The molecule has 0 aliphatic heterocycles. The molecule has 0 saturated carbocycles. The Morgan fingerprint density at radius 1 is 1.06 bits per heavy atom. The summed E-state index contributed by atoms with van der Waals surface area (Å²) in [6, 6.07) is 20.2. The number of hydrogen-bond donors (Lipinski definition) is 1. The third kappa shape index (κ3) is 6.57. The van der Waals surface area contributed by atoms with E-state index >= 15 is 0 Å². The maximum atomic E-state index is 13.4. The van der Waals surface area contributed by atoms with Gasteiger partial charge in [-0.25, -0.2) is 8.42 Å². The van der Waals surface area contributed by atoms with Crippen LogP contribution in [0.15, 0.2) is 82.2 Å². The van der Waals surface area contributed by atoms with Crippen LogP contribution in [0.25, 0.3) is 0 Å². The van der Waals surface area contributed by atoms with Crippen molar-refractivity contribution in [2.45, 2.75) is 24.4 Å². The second-order valence-corrected chi connectivity index (χ2v) is 10.6. The first-order chi connectivity index (χ1) is 15.7. The largest absolute Gasteiger partial charge is 0.497 e. The van der Waals surface area contributed by atoms with E-state index in [0.29, 0.717) is 16.3 Å². The molecule has 0 fully saturated rings. The monoisotopic (exact) mass is 550 g/mol. The van der Waals surface area contributed by atoms with Gasteiger partial charge in [0, 0.05) is 16.0 Å². The van der Waals surface area contributed by atoms with E-state index in [4.69, 9.17) is 16.3 Å². The first-order valence-electron chi connectivity index (χ1n) is 10.1. The van der Waals surface area contributed by atoms with Gasteiger partial charge < -0.3 is 10.1 Å². The van der Waals surface area contributed by atoms with E-state index in [1.54, 1.807) is 55.6 Å². The number of methoxy groups -OCH3 is 1. The van der Waals surface area contributed by atoms with Gasteiger partial charge in [0.05, 0.1) is 24.6 Å². The normalized spacial score (nSPS) is 12.4. The highest BCUT2D eigenvalue weighted by atomic mass is 79.9. The number of benzene rings is 3.